The number of rotatable bonds is 8. The molecule has 0 radical (unpaired) electrons. The fourth-order valence-electron chi connectivity index (χ4n) is 2.77. The molecule has 0 aliphatic carbocycles. The Morgan fingerprint density at radius 2 is 2.10 bits per heavy atom. The minimum Gasteiger partial charge on any atom is -0.493 e. The van der Waals surface area contributed by atoms with Crippen molar-refractivity contribution in [1.29, 1.82) is 0 Å². The molecule has 1 N–H and O–H groups in total. The van der Waals surface area contributed by atoms with Gasteiger partial charge in [0.15, 0.2) is 23.0 Å². The lowest BCUT2D eigenvalue weighted by atomic mass is 9.86. The van der Waals surface area contributed by atoms with Gasteiger partial charge in [-0.05, 0) is 17.5 Å². The molecule has 160 valence electrons. The van der Waals surface area contributed by atoms with Crippen LogP contribution in [0.1, 0.15) is 37.0 Å². The summed E-state index contributed by atoms with van der Waals surface area (Å²) in [5.41, 5.74) is 0.0253. The standard InChI is InChI=1S/C21H25ClN4O4/c1-21(2,3)19(11-26-8-7-23-13-26)24-20(27)16-10-15(30-25-16)12-29-17-6-5-14(22)9-18(17)28-4/h5-10,13,19H,11-12H2,1-4H3,(H,24,27)/t19-/m0/s1. The number of nitrogens with one attached hydrogen (secondary N) is 1. The van der Waals surface area contributed by atoms with Crippen LogP contribution < -0.4 is 14.8 Å². The molecule has 3 aromatic rings. The van der Waals surface area contributed by atoms with E-state index in [1.54, 1.807) is 36.8 Å². The van der Waals surface area contributed by atoms with E-state index in [-0.39, 0.29) is 29.7 Å². The molecule has 0 aliphatic rings. The number of hydrogen-bond acceptors (Lipinski definition) is 6. The Morgan fingerprint density at radius 1 is 1.30 bits per heavy atom. The Hall–Kier alpha value is -3.00. The summed E-state index contributed by atoms with van der Waals surface area (Å²) in [5, 5.41) is 7.46. The topological polar surface area (TPSA) is 91.4 Å². The highest BCUT2D eigenvalue weighted by atomic mass is 35.5. The van der Waals surface area contributed by atoms with Crippen molar-refractivity contribution in [3.8, 4) is 11.5 Å². The molecule has 1 atom stereocenters. The van der Waals surface area contributed by atoms with Gasteiger partial charge in [-0.15, -0.1) is 0 Å². The van der Waals surface area contributed by atoms with Gasteiger partial charge >= 0.3 is 0 Å². The first-order valence-corrected chi connectivity index (χ1v) is 9.82. The summed E-state index contributed by atoms with van der Waals surface area (Å²) >= 11 is 5.96. The molecule has 0 saturated carbocycles. The molecule has 30 heavy (non-hydrogen) atoms. The maximum atomic E-state index is 12.7. The zero-order chi connectivity index (χ0) is 21.7. The molecular weight excluding hydrogens is 408 g/mol. The van der Waals surface area contributed by atoms with E-state index in [4.69, 9.17) is 25.6 Å². The molecule has 0 saturated heterocycles. The van der Waals surface area contributed by atoms with Crippen molar-refractivity contribution in [2.75, 3.05) is 7.11 Å². The van der Waals surface area contributed by atoms with E-state index in [9.17, 15) is 4.79 Å². The fourth-order valence-corrected chi connectivity index (χ4v) is 2.93. The molecular formula is C21H25ClN4O4. The normalized spacial score (nSPS) is 12.4. The number of carbonyl (C=O) groups is 1. The number of benzene rings is 1. The molecule has 0 fully saturated rings. The van der Waals surface area contributed by atoms with Crippen LogP contribution in [0.3, 0.4) is 0 Å². The quantitative estimate of drug-likeness (QED) is 0.579. The van der Waals surface area contributed by atoms with Crippen LogP contribution in [0, 0.1) is 5.41 Å². The van der Waals surface area contributed by atoms with Crippen LogP contribution in [0.4, 0.5) is 0 Å². The van der Waals surface area contributed by atoms with E-state index in [1.807, 2.05) is 10.8 Å². The summed E-state index contributed by atoms with van der Waals surface area (Å²) in [7, 11) is 1.53. The van der Waals surface area contributed by atoms with Crippen LogP contribution in [-0.4, -0.2) is 33.8 Å². The predicted molar refractivity (Wildman–Crippen MR) is 112 cm³/mol. The number of methoxy groups -OCH3 is 1. The zero-order valence-electron chi connectivity index (χ0n) is 17.4. The maximum absolute atomic E-state index is 12.7. The summed E-state index contributed by atoms with van der Waals surface area (Å²) < 4.78 is 18.1. The van der Waals surface area contributed by atoms with E-state index >= 15 is 0 Å². The number of aromatic nitrogens is 3. The van der Waals surface area contributed by atoms with E-state index < -0.39 is 0 Å². The smallest absolute Gasteiger partial charge is 0.273 e. The zero-order valence-corrected chi connectivity index (χ0v) is 18.1. The van der Waals surface area contributed by atoms with E-state index in [0.717, 1.165) is 0 Å². The summed E-state index contributed by atoms with van der Waals surface area (Å²) in [6.45, 7) is 6.89. The van der Waals surface area contributed by atoms with Crippen molar-refractivity contribution in [1.82, 2.24) is 20.0 Å². The highest BCUT2D eigenvalue weighted by Gasteiger charge is 2.28. The first kappa shape index (κ1) is 21.7. The third-order valence-corrected chi connectivity index (χ3v) is 4.83. The Balaban J connectivity index is 1.63. The molecule has 3 rings (SSSR count). The highest BCUT2D eigenvalue weighted by molar-refractivity contribution is 6.30. The summed E-state index contributed by atoms with van der Waals surface area (Å²) in [6, 6.07) is 6.49. The predicted octanol–water partition coefficient (Wildman–Crippen LogP) is 3.96. The third kappa shape index (κ3) is 5.54. The maximum Gasteiger partial charge on any atom is 0.273 e. The third-order valence-electron chi connectivity index (χ3n) is 4.59. The SMILES string of the molecule is COc1cc(Cl)ccc1OCc1cc(C(=O)N[C@@H](Cn2ccnc2)C(C)(C)C)no1. The molecule has 0 bridgehead atoms. The van der Waals surface area contributed by atoms with Gasteiger partial charge in [-0.1, -0.05) is 37.5 Å². The summed E-state index contributed by atoms with van der Waals surface area (Å²) in [4.78, 5) is 16.8. The second kappa shape index (κ2) is 9.21. The average molecular weight is 433 g/mol. The molecule has 9 heteroatoms. The van der Waals surface area contributed by atoms with Gasteiger partial charge < -0.3 is 23.9 Å². The van der Waals surface area contributed by atoms with Gasteiger partial charge in [-0.2, -0.15) is 0 Å². The number of carbonyl (C=O) groups excluding carboxylic acids is 1. The lowest BCUT2D eigenvalue weighted by Crippen LogP contribution is -2.46. The van der Waals surface area contributed by atoms with Gasteiger partial charge in [0.25, 0.3) is 5.91 Å². The van der Waals surface area contributed by atoms with Gasteiger partial charge in [0.2, 0.25) is 0 Å². The van der Waals surface area contributed by atoms with Crippen LogP contribution in [0.15, 0.2) is 47.5 Å². The first-order valence-electron chi connectivity index (χ1n) is 9.45. The highest BCUT2D eigenvalue weighted by Crippen LogP contribution is 2.30. The van der Waals surface area contributed by atoms with Crippen molar-refractivity contribution in [2.45, 2.75) is 40.0 Å². The Labute approximate surface area is 180 Å². The van der Waals surface area contributed by atoms with Crippen LogP contribution in [0.5, 0.6) is 11.5 Å². The second-order valence-corrected chi connectivity index (χ2v) is 8.35. The van der Waals surface area contributed by atoms with Crippen LogP contribution >= 0.6 is 11.6 Å². The van der Waals surface area contributed by atoms with Crippen LogP contribution in [0.25, 0.3) is 0 Å². The molecule has 2 heterocycles. The Bertz CT molecular complexity index is 979. The van der Waals surface area contributed by atoms with E-state index in [0.29, 0.717) is 28.8 Å². The number of nitrogens with zero attached hydrogens (tertiary/aromatic N) is 3. The molecule has 1 amide bonds. The van der Waals surface area contributed by atoms with Crippen molar-refractivity contribution < 1.29 is 18.8 Å². The van der Waals surface area contributed by atoms with Gasteiger partial charge in [0, 0.05) is 36.1 Å². The van der Waals surface area contributed by atoms with Crippen molar-refractivity contribution in [3.05, 3.63) is 59.5 Å². The van der Waals surface area contributed by atoms with E-state index in [2.05, 4.69) is 36.2 Å². The van der Waals surface area contributed by atoms with Gasteiger partial charge in [0.1, 0.15) is 6.61 Å². The van der Waals surface area contributed by atoms with E-state index in [1.165, 1.54) is 7.11 Å². The monoisotopic (exact) mass is 432 g/mol. The van der Waals surface area contributed by atoms with Crippen molar-refractivity contribution in [3.63, 3.8) is 0 Å². The van der Waals surface area contributed by atoms with Crippen LogP contribution in [0.2, 0.25) is 5.02 Å². The average Bonchev–Trinajstić information content (AvgIpc) is 3.37. The fraction of sp³-hybridized carbons (Fsp3) is 0.381. The van der Waals surface area contributed by atoms with Crippen molar-refractivity contribution >= 4 is 17.5 Å². The van der Waals surface area contributed by atoms with Gasteiger partial charge in [-0.25, -0.2) is 4.98 Å². The Morgan fingerprint density at radius 3 is 2.77 bits per heavy atom. The number of imidazole rings is 1. The number of ether oxygens (including phenoxy) is 2. The Kier molecular flexibility index (Phi) is 6.66. The molecule has 2 aromatic heterocycles. The lowest BCUT2D eigenvalue weighted by molar-refractivity contribution is 0.0883. The molecule has 0 aliphatic heterocycles. The minimum absolute atomic E-state index is 0.0933. The number of amides is 1. The molecule has 0 spiro atoms. The summed E-state index contributed by atoms with van der Waals surface area (Å²) in [6.07, 6.45) is 5.30. The number of halogens is 1. The van der Waals surface area contributed by atoms with Gasteiger partial charge in [-0.3, -0.25) is 4.79 Å². The molecule has 0 unspecified atom stereocenters. The largest absolute Gasteiger partial charge is 0.493 e. The van der Waals surface area contributed by atoms with Crippen LogP contribution in [-0.2, 0) is 13.2 Å². The number of hydrogen-bond donors (Lipinski definition) is 1. The van der Waals surface area contributed by atoms with Gasteiger partial charge in [0.05, 0.1) is 19.5 Å². The molecule has 1 aromatic carbocycles. The van der Waals surface area contributed by atoms with Crippen molar-refractivity contribution in [2.24, 2.45) is 5.41 Å². The second-order valence-electron chi connectivity index (χ2n) is 7.91. The molecule has 8 nitrogen and oxygen atoms in total. The first-order chi connectivity index (χ1) is 14.3. The minimum atomic E-state index is -0.311. The lowest BCUT2D eigenvalue weighted by Gasteiger charge is -2.31. The summed E-state index contributed by atoms with van der Waals surface area (Å²) in [5.74, 6) is 1.12.